The van der Waals surface area contributed by atoms with Crippen LogP contribution in [0.1, 0.15) is 11.1 Å². The highest BCUT2D eigenvalue weighted by molar-refractivity contribution is 8.13. The van der Waals surface area contributed by atoms with Crippen LogP contribution in [0.25, 0.3) is 0 Å². The molecule has 2 aromatic carbocycles. The zero-order valence-corrected chi connectivity index (χ0v) is 12.7. The highest BCUT2D eigenvalue weighted by Crippen LogP contribution is 2.15. The minimum absolute atomic E-state index is 0.0243. The van der Waals surface area contributed by atoms with E-state index in [0.717, 1.165) is 30.0 Å². The molecule has 2 N–H and O–H groups in total. The van der Waals surface area contributed by atoms with Gasteiger partial charge < -0.3 is 5.73 Å². The Kier molecular flexibility index (Phi) is 5.81. The molecule has 0 aliphatic heterocycles. The number of benzene rings is 2. The van der Waals surface area contributed by atoms with Crippen LogP contribution < -0.4 is 5.73 Å². The van der Waals surface area contributed by atoms with Gasteiger partial charge in [-0.15, -0.1) is 5.10 Å². The van der Waals surface area contributed by atoms with Crippen LogP contribution in [0, 0.1) is 15.9 Å². The summed E-state index contributed by atoms with van der Waals surface area (Å²) in [4.78, 5) is 10.0. The van der Waals surface area contributed by atoms with E-state index < -0.39 is 10.7 Å². The van der Waals surface area contributed by atoms with E-state index >= 15 is 0 Å². The monoisotopic (exact) mass is 332 g/mol. The summed E-state index contributed by atoms with van der Waals surface area (Å²) in [7, 11) is 0. The van der Waals surface area contributed by atoms with Gasteiger partial charge in [0.15, 0.2) is 5.17 Å². The maximum absolute atomic E-state index is 13.5. The fourth-order valence-electron chi connectivity index (χ4n) is 1.65. The van der Waals surface area contributed by atoms with Crippen LogP contribution in [-0.4, -0.2) is 16.3 Å². The van der Waals surface area contributed by atoms with E-state index in [4.69, 9.17) is 5.73 Å². The average Bonchev–Trinajstić information content (AvgIpc) is 2.55. The smallest absolute Gasteiger partial charge is 0.270 e. The standard InChI is InChI=1S/C15H13FN4O2S/c16-14-7-6-13(20(21)22)8-12(14)9-18-19-15(17)23-10-11-4-2-1-3-5-11/h1-9H,10H2,(H2,17,19). The molecule has 6 nitrogen and oxygen atoms in total. The molecule has 0 radical (unpaired) electrons. The van der Waals surface area contributed by atoms with Crippen molar-refractivity contribution in [1.29, 1.82) is 0 Å². The number of nitrogens with zero attached hydrogens (tertiary/aromatic N) is 3. The number of nitro groups is 1. The number of rotatable bonds is 5. The summed E-state index contributed by atoms with van der Waals surface area (Å²) in [6, 6.07) is 12.9. The van der Waals surface area contributed by atoms with Crippen LogP contribution in [-0.2, 0) is 5.75 Å². The molecule has 8 heteroatoms. The van der Waals surface area contributed by atoms with Crippen LogP contribution >= 0.6 is 11.8 Å². The predicted molar refractivity (Wildman–Crippen MR) is 90.0 cm³/mol. The summed E-state index contributed by atoms with van der Waals surface area (Å²) in [5.74, 6) is 0.0155. The van der Waals surface area contributed by atoms with E-state index in [0.29, 0.717) is 5.75 Å². The van der Waals surface area contributed by atoms with Crippen molar-refractivity contribution in [3.8, 4) is 0 Å². The fourth-order valence-corrected chi connectivity index (χ4v) is 2.26. The summed E-state index contributed by atoms with van der Waals surface area (Å²) in [6.45, 7) is 0. The third kappa shape index (κ3) is 5.19. The molecule has 2 aromatic rings. The normalized spacial score (nSPS) is 11.8. The molecule has 0 aliphatic rings. The fraction of sp³-hybridized carbons (Fsp3) is 0.0667. The molecule has 118 valence electrons. The minimum atomic E-state index is -0.620. The Hall–Kier alpha value is -2.74. The second kappa shape index (κ2) is 8.04. The van der Waals surface area contributed by atoms with Crippen molar-refractivity contribution in [2.45, 2.75) is 5.75 Å². The van der Waals surface area contributed by atoms with E-state index in [-0.39, 0.29) is 16.4 Å². The van der Waals surface area contributed by atoms with Crippen molar-refractivity contribution in [2.75, 3.05) is 0 Å². The first kappa shape index (κ1) is 16.6. The van der Waals surface area contributed by atoms with Crippen molar-refractivity contribution in [2.24, 2.45) is 15.9 Å². The summed E-state index contributed by atoms with van der Waals surface area (Å²) in [5, 5.41) is 18.3. The molecule has 0 atom stereocenters. The first-order chi connectivity index (χ1) is 11.1. The SMILES string of the molecule is NC(=NN=Cc1cc([N+](=O)[O-])ccc1F)SCc1ccccc1. The molecule has 0 saturated heterocycles. The summed E-state index contributed by atoms with van der Waals surface area (Å²) < 4.78 is 13.5. The van der Waals surface area contributed by atoms with Gasteiger partial charge in [0.1, 0.15) is 5.82 Å². The van der Waals surface area contributed by atoms with Crippen LogP contribution in [0.3, 0.4) is 0 Å². The quantitative estimate of drug-likeness (QED) is 0.393. The van der Waals surface area contributed by atoms with Gasteiger partial charge in [0.25, 0.3) is 5.69 Å². The first-order valence-electron chi connectivity index (χ1n) is 6.53. The Balaban J connectivity index is 1.99. The van der Waals surface area contributed by atoms with Gasteiger partial charge in [0.2, 0.25) is 0 Å². The number of nitro benzene ring substituents is 1. The topological polar surface area (TPSA) is 93.9 Å². The summed E-state index contributed by atoms with van der Waals surface area (Å²) >= 11 is 1.29. The Morgan fingerprint density at radius 2 is 2.04 bits per heavy atom. The van der Waals surface area contributed by atoms with Gasteiger partial charge in [-0.05, 0) is 11.6 Å². The van der Waals surface area contributed by atoms with E-state index in [1.54, 1.807) is 0 Å². The van der Waals surface area contributed by atoms with Gasteiger partial charge in [-0.25, -0.2) is 4.39 Å². The Morgan fingerprint density at radius 1 is 1.30 bits per heavy atom. The highest BCUT2D eigenvalue weighted by Gasteiger charge is 2.09. The first-order valence-corrected chi connectivity index (χ1v) is 7.52. The zero-order valence-electron chi connectivity index (χ0n) is 11.9. The Bertz CT molecular complexity index is 750. The average molecular weight is 332 g/mol. The number of hydrogen-bond acceptors (Lipinski definition) is 5. The van der Waals surface area contributed by atoms with Crippen LogP contribution in [0.4, 0.5) is 10.1 Å². The number of nitrogens with two attached hydrogens (primary N) is 1. The molecule has 0 aromatic heterocycles. The molecule has 2 rings (SSSR count). The van der Waals surface area contributed by atoms with Gasteiger partial charge in [0, 0.05) is 23.4 Å². The van der Waals surface area contributed by atoms with Crippen molar-refractivity contribution < 1.29 is 9.31 Å². The molecule has 23 heavy (non-hydrogen) atoms. The van der Waals surface area contributed by atoms with Crippen LogP contribution in [0.2, 0.25) is 0 Å². The molecule has 0 spiro atoms. The maximum Gasteiger partial charge on any atom is 0.270 e. The Morgan fingerprint density at radius 3 is 2.74 bits per heavy atom. The number of amidine groups is 1. The van der Waals surface area contributed by atoms with E-state index in [9.17, 15) is 14.5 Å². The Labute approximate surface area is 136 Å². The molecular formula is C15H13FN4O2S. The number of non-ortho nitro benzene ring substituents is 1. The van der Waals surface area contributed by atoms with Gasteiger partial charge in [-0.2, -0.15) is 5.10 Å². The van der Waals surface area contributed by atoms with E-state index in [2.05, 4.69) is 10.2 Å². The van der Waals surface area contributed by atoms with Gasteiger partial charge >= 0.3 is 0 Å². The molecule has 0 amide bonds. The minimum Gasteiger partial charge on any atom is -0.377 e. The van der Waals surface area contributed by atoms with E-state index in [1.807, 2.05) is 30.3 Å². The lowest BCUT2D eigenvalue weighted by molar-refractivity contribution is -0.384. The number of thioether (sulfide) groups is 1. The molecule has 0 saturated carbocycles. The van der Waals surface area contributed by atoms with Gasteiger partial charge in [-0.1, -0.05) is 42.1 Å². The zero-order chi connectivity index (χ0) is 16.7. The number of halogens is 1. The lowest BCUT2D eigenvalue weighted by Gasteiger charge is -1.99. The van der Waals surface area contributed by atoms with Crippen molar-refractivity contribution >= 4 is 28.8 Å². The maximum atomic E-state index is 13.5. The van der Waals surface area contributed by atoms with Crippen LogP contribution in [0.15, 0.2) is 58.7 Å². The van der Waals surface area contributed by atoms with E-state index in [1.165, 1.54) is 11.8 Å². The van der Waals surface area contributed by atoms with Crippen molar-refractivity contribution in [3.05, 3.63) is 75.6 Å². The van der Waals surface area contributed by atoms with Crippen LogP contribution in [0.5, 0.6) is 0 Å². The van der Waals surface area contributed by atoms with Gasteiger partial charge in [0.05, 0.1) is 11.1 Å². The second-order valence-electron chi connectivity index (χ2n) is 4.42. The second-order valence-corrected chi connectivity index (χ2v) is 5.42. The van der Waals surface area contributed by atoms with Crippen molar-refractivity contribution in [3.63, 3.8) is 0 Å². The molecule has 0 fully saturated rings. The summed E-state index contributed by atoms with van der Waals surface area (Å²) in [6.07, 6.45) is 1.10. The predicted octanol–water partition coefficient (Wildman–Crippen LogP) is 3.32. The lowest BCUT2D eigenvalue weighted by Crippen LogP contribution is -2.06. The largest absolute Gasteiger partial charge is 0.377 e. The third-order valence-electron chi connectivity index (χ3n) is 2.77. The molecule has 0 unspecified atom stereocenters. The summed E-state index contributed by atoms with van der Waals surface area (Å²) in [5.41, 5.74) is 6.54. The highest BCUT2D eigenvalue weighted by atomic mass is 32.2. The molecule has 0 bridgehead atoms. The molecular weight excluding hydrogens is 319 g/mol. The molecule has 0 heterocycles. The molecule has 0 aliphatic carbocycles. The van der Waals surface area contributed by atoms with Crippen molar-refractivity contribution in [1.82, 2.24) is 0 Å². The third-order valence-corrected chi connectivity index (χ3v) is 3.63. The lowest BCUT2D eigenvalue weighted by atomic mass is 10.2. The number of hydrogen-bond donors (Lipinski definition) is 1. The van der Waals surface area contributed by atoms with Gasteiger partial charge in [-0.3, -0.25) is 10.1 Å².